The summed E-state index contributed by atoms with van der Waals surface area (Å²) in [6, 6.07) is 24.3. The van der Waals surface area contributed by atoms with Crippen molar-refractivity contribution in [2.75, 3.05) is 13.7 Å². The molecule has 10 nitrogen and oxygen atoms in total. The Bertz CT molecular complexity index is 2110. The predicted octanol–water partition coefficient (Wildman–Crippen LogP) is 6.26. The van der Waals surface area contributed by atoms with E-state index >= 15 is 0 Å². The van der Waals surface area contributed by atoms with Crippen molar-refractivity contribution in [1.82, 2.24) is 0 Å². The van der Waals surface area contributed by atoms with Gasteiger partial charge >= 0.3 is 17.2 Å². The fourth-order valence-electron chi connectivity index (χ4n) is 5.50. The smallest absolute Gasteiger partial charge is 0.344 e. The van der Waals surface area contributed by atoms with E-state index in [0.717, 1.165) is 0 Å². The first-order valence-corrected chi connectivity index (χ1v) is 14.4. The molecule has 0 saturated heterocycles. The molecule has 0 radical (unpaired) electrons. The normalized spacial score (nSPS) is 11.2. The van der Waals surface area contributed by atoms with Crippen LogP contribution in [0.2, 0.25) is 0 Å². The second-order valence-electron chi connectivity index (χ2n) is 10.3. The number of ether oxygens (including phenoxy) is 3. The maximum absolute atomic E-state index is 13.6. The Morgan fingerprint density at radius 2 is 1.33 bits per heavy atom. The van der Waals surface area contributed by atoms with Crippen LogP contribution in [0.15, 0.2) is 109 Å². The van der Waals surface area contributed by atoms with Crippen molar-refractivity contribution in [1.29, 1.82) is 0 Å². The Labute approximate surface area is 261 Å². The van der Waals surface area contributed by atoms with Gasteiger partial charge in [0.25, 0.3) is 0 Å². The van der Waals surface area contributed by atoms with E-state index in [1.54, 1.807) is 85.8 Å². The molecular weight excluding hydrogens is 592 g/mol. The third-order valence-corrected chi connectivity index (χ3v) is 7.62. The Morgan fingerprint density at radius 3 is 1.91 bits per heavy atom. The summed E-state index contributed by atoms with van der Waals surface area (Å²) in [5, 5.41) is 23.5. The molecule has 2 heterocycles. The molecule has 0 aliphatic heterocycles. The first-order valence-electron chi connectivity index (χ1n) is 14.4. The molecule has 0 amide bonds. The number of hydrogen-bond donors (Lipinski definition) is 2. The van der Waals surface area contributed by atoms with Crippen molar-refractivity contribution >= 4 is 27.9 Å². The number of carbonyl (C=O) groups excluding carboxylic acids is 1. The average molecular weight is 621 g/mol. The first kappa shape index (κ1) is 30.0. The van der Waals surface area contributed by atoms with Crippen molar-refractivity contribution < 1.29 is 38.1 Å². The summed E-state index contributed by atoms with van der Waals surface area (Å²) >= 11 is 0. The fraction of sp³-hybridized carbons (Fsp3) is 0.139. The largest absolute Gasteiger partial charge is 0.507 e. The van der Waals surface area contributed by atoms with Gasteiger partial charge in [-0.3, -0.25) is 0 Å². The predicted molar refractivity (Wildman–Crippen MR) is 169 cm³/mol. The summed E-state index contributed by atoms with van der Waals surface area (Å²) < 4.78 is 27.9. The Morgan fingerprint density at radius 1 is 0.761 bits per heavy atom. The molecule has 6 aromatic rings. The second-order valence-corrected chi connectivity index (χ2v) is 10.3. The van der Waals surface area contributed by atoms with E-state index in [1.807, 2.05) is 0 Å². The van der Waals surface area contributed by atoms with Crippen LogP contribution in [0.4, 0.5) is 0 Å². The number of methoxy groups -OCH3 is 1. The molecule has 232 valence electrons. The summed E-state index contributed by atoms with van der Waals surface area (Å²) in [4.78, 5) is 39.7. The van der Waals surface area contributed by atoms with Gasteiger partial charge in [-0.05, 0) is 61.0 Å². The molecule has 46 heavy (non-hydrogen) atoms. The highest BCUT2D eigenvalue weighted by atomic mass is 16.5. The first-order chi connectivity index (χ1) is 22.3. The SMILES string of the molecule is CCOC(=O)c1ccccc1OCc1cc(C(c2c(O)c3ccccc3oc2=O)c2c(O)c3ccccc3oc2=O)ccc1OC. The zero-order chi connectivity index (χ0) is 32.4. The lowest BCUT2D eigenvalue weighted by Crippen LogP contribution is -2.21. The highest BCUT2D eigenvalue weighted by Crippen LogP contribution is 2.43. The Hall–Kier alpha value is -6.03. The van der Waals surface area contributed by atoms with Gasteiger partial charge in [-0.2, -0.15) is 0 Å². The van der Waals surface area contributed by atoms with Crippen molar-refractivity contribution in [3.63, 3.8) is 0 Å². The number of aromatic hydroxyl groups is 2. The van der Waals surface area contributed by atoms with Crippen molar-refractivity contribution in [2.45, 2.75) is 19.4 Å². The summed E-state index contributed by atoms with van der Waals surface area (Å²) in [5.74, 6) is -2.05. The minimum absolute atomic E-state index is 0.100. The van der Waals surface area contributed by atoms with Crippen LogP contribution in [0.3, 0.4) is 0 Å². The van der Waals surface area contributed by atoms with Crippen LogP contribution in [-0.4, -0.2) is 29.9 Å². The second kappa shape index (κ2) is 12.5. The molecule has 2 aromatic heterocycles. The standard InChI is InChI=1S/C36H28O10/c1-3-43-34(39)24-12-6-7-13-26(24)44-19-21-18-20(16-17-25(21)42-2)29(30-32(37)22-10-4-8-14-27(22)45-35(30)40)31-33(38)23-11-5-9-15-28(23)46-36(31)41/h4-18,29,37-38H,3,19H2,1-2H3. The molecule has 10 heteroatoms. The fourth-order valence-corrected chi connectivity index (χ4v) is 5.50. The molecule has 0 bridgehead atoms. The molecule has 0 aliphatic carbocycles. The number of fused-ring (bicyclic) bond motifs is 2. The average Bonchev–Trinajstić information content (AvgIpc) is 3.06. The summed E-state index contributed by atoms with van der Waals surface area (Å²) in [5.41, 5.74) is -1.07. The van der Waals surface area contributed by atoms with E-state index in [2.05, 4.69) is 0 Å². The Balaban J connectivity index is 1.55. The molecule has 0 saturated carbocycles. The zero-order valence-corrected chi connectivity index (χ0v) is 24.8. The van der Waals surface area contributed by atoms with Gasteiger partial charge < -0.3 is 33.3 Å². The van der Waals surface area contributed by atoms with Gasteiger partial charge in [-0.25, -0.2) is 14.4 Å². The Kier molecular flexibility index (Phi) is 8.17. The van der Waals surface area contributed by atoms with E-state index < -0.39 is 34.6 Å². The topological polar surface area (TPSA) is 146 Å². The monoisotopic (exact) mass is 620 g/mol. The number of esters is 1. The molecule has 4 aromatic carbocycles. The van der Waals surface area contributed by atoms with Gasteiger partial charge in [0.15, 0.2) is 0 Å². The number of para-hydroxylation sites is 3. The van der Waals surface area contributed by atoms with Crippen LogP contribution in [0, 0.1) is 0 Å². The van der Waals surface area contributed by atoms with Crippen molar-refractivity contribution in [3.05, 3.63) is 140 Å². The van der Waals surface area contributed by atoms with Gasteiger partial charge in [0.05, 0.1) is 41.5 Å². The maximum atomic E-state index is 13.6. The minimum Gasteiger partial charge on any atom is -0.507 e. The van der Waals surface area contributed by atoms with Gasteiger partial charge in [-0.15, -0.1) is 0 Å². The van der Waals surface area contributed by atoms with Crippen molar-refractivity contribution in [3.8, 4) is 23.0 Å². The van der Waals surface area contributed by atoms with Gasteiger partial charge in [0.1, 0.15) is 46.3 Å². The van der Waals surface area contributed by atoms with Crippen LogP contribution < -0.4 is 20.7 Å². The lowest BCUT2D eigenvalue weighted by atomic mass is 9.84. The zero-order valence-electron chi connectivity index (χ0n) is 24.8. The van der Waals surface area contributed by atoms with Crippen molar-refractivity contribution in [2.24, 2.45) is 0 Å². The maximum Gasteiger partial charge on any atom is 0.344 e. The van der Waals surface area contributed by atoms with E-state index in [4.69, 9.17) is 23.0 Å². The molecule has 0 atom stereocenters. The van der Waals surface area contributed by atoms with Gasteiger partial charge in [0, 0.05) is 5.56 Å². The summed E-state index contributed by atoms with van der Waals surface area (Å²) in [6.07, 6.45) is 0. The van der Waals surface area contributed by atoms with Gasteiger partial charge in [0.2, 0.25) is 0 Å². The molecular formula is C36H28O10. The molecule has 0 spiro atoms. The van der Waals surface area contributed by atoms with Crippen LogP contribution in [0.1, 0.15) is 45.5 Å². The molecule has 2 N–H and O–H groups in total. The molecule has 0 aliphatic rings. The number of carbonyl (C=O) groups is 1. The van der Waals surface area contributed by atoms with E-state index in [9.17, 15) is 24.6 Å². The minimum atomic E-state index is -1.35. The van der Waals surface area contributed by atoms with E-state index in [-0.39, 0.29) is 57.6 Å². The summed E-state index contributed by atoms with van der Waals surface area (Å²) in [7, 11) is 1.47. The quantitative estimate of drug-likeness (QED) is 0.140. The molecule has 6 rings (SSSR count). The number of hydrogen-bond acceptors (Lipinski definition) is 10. The molecule has 0 fully saturated rings. The lowest BCUT2D eigenvalue weighted by molar-refractivity contribution is 0.0521. The summed E-state index contributed by atoms with van der Waals surface area (Å²) in [6.45, 7) is 1.79. The van der Waals surface area contributed by atoms with E-state index in [0.29, 0.717) is 16.9 Å². The highest BCUT2D eigenvalue weighted by Gasteiger charge is 2.33. The molecule has 0 unspecified atom stereocenters. The number of benzene rings is 4. The van der Waals surface area contributed by atoms with Crippen LogP contribution in [0.25, 0.3) is 21.9 Å². The van der Waals surface area contributed by atoms with Crippen LogP contribution in [0.5, 0.6) is 23.0 Å². The van der Waals surface area contributed by atoms with Gasteiger partial charge in [-0.1, -0.05) is 42.5 Å². The number of rotatable bonds is 9. The van der Waals surface area contributed by atoms with Crippen LogP contribution >= 0.6 is 0 Å². The van der Waals surface area contributed by atoms with Crippen LogP contribution in [-0.2, 0) is 11.3 Å². The highest BCUT2D eigenvalue weighted by molar-refractivity contribution is 5.92. The third kappa shape index (κ3) is 5.41. The van der Waals surface area contributed by atoms with E-state index in [1.165, 1.54) is 19.2 Å². The third-order valence-electron chi connectivity index (χ3n) is 7.62. The lowest BCUT2D eigenvalue weighted by Gasteiger charge is -2.21.